The van der Waals surface area contributed by atoms with Crippen molar-refractivity contribution in [3.05, 3.63) is 46.6 Å². The number of esters is 2. The van der Waals surface area contributed by atoms with E-state index in [2.05, 4.69) is 0 Å². The molecule has 0 unspecified atom stereocenters. The number of phenolic OH excluding ortho intramolecular Hbond substituents is 1. The number of carbonyl (C=O) groups excluding carboxylic acids is 3. The molecule has 1 aromatic heterocycles. The van der Waals surface area contributed by atoms with Gasteiger partial charge in [0, 0.05) is 44.6 Å². The molecule has 2 heterocycles. The summed E-state index contributed by atoms with van der Waals surface area (Å²) in [6, 6.07) is 8.62. The lowest BCUT2D eigenvalue weighted by Crippen LogP contribution is -2.30. The van der Waals surface area contributed by atoms with Gasteiger partial charge in [-0.3, -0.25) is 14.4 Å². The molecule has 1 amide bonds. The van der Waals surface area contributed by atoms with Crippen LogP contribution in [0.1, 0.15) is 26.7 Å². The Kier molecular flexibility index (Phi) is 6.22. The molecule has 0 bridgehead atoms. The van der Waals surface area contributed by atoms with Gasteiger partial charge in [-0.05, 0) is 37.1 Å². The van der Waals surface area contributed by atoms with Gasteiger partial charge in [-0.1, -0.05) is 0 Å². The van der Waals surface area contributed by atoms with E-state index in [1.165, 1.54) is 6.07 Å². The Morgan fingerprint density at radius 1 is 0.912 bits per heavy atom. The molecule has 10 nitrogen and oxygen atoms in total. The van der Waals surface area contributed by atoms with E-state index in [1.807, 2.05) is 0 Å². The van der Waals surface area contributed by atoms with Crippen LogP contribution in [0.25, 0.3) is 22.3 Å². The van der Waals surface area contributed by atoms with Gasteiger partial charge in [-0.25, -0.2) is 4.79 Å². The van der Waals surface area contributed by atoms with Crippen LogP contribution in [0.15, 0.2) is 45.6 Å². The predicted molar refractivity (Wildman–Crippen MR) is 119 cm³/mol. The van der Waals surface area contributed by atoms with E-state index in [0.29, 0.717) is 24.4 Å². The molecule has 0 aliphatic carbocycles. The first-order valence-electron chi connectivity index (χ1n) is 10.5. The Bertz CT molecular complexity index is 1340. The number of ether oxygens (including phenoxy) is 3. The number of rotatable bonds is 4. The summed E-state index contributed by atoms with van der Waals surface area (Å²) in [5.41, 5.74) is -0.181. The quantitative estimate of drug-likeness (QED) is 0.451. The molecule has 10 heteroatoms. The number of hydrogen-bond donors (Lipinski definition) is 1. The van der Waals surface area contributed by atoms with Gasteiger partial charge >= 0.3 is 18.0 Å². The summed E-state index contributed by atoms with van der Waals surface area (Å²) in [6.45, 7) is 3.53. The molecule has 3 aromatic rings. The minimum Gasteiger partial charge on any atom is -0.504 e. The lowest BCUT2D eigenvalue weighted by atomic mass is 10.1. The zero-order valence-corrected chi connectivity index (χ0v) is 18.5. The van der Waals surface area contributed by atoms with Gasteiger partial charge in [0.25, 0.3) is 0 Å². The summed E-state index contributed by atoms with van der Waals surface area (Å²) >= 11 is 0. The maximum atomic E-state index is 12.9. The third kappa shape index (κ3) is 4.70. The molecule has 0 spiro atoms. The normalized spacial score (nSPS) is 13.1. The SMILES string of the molecule is CC(=O)Oc1c(O)cc2oc(-c3ccc(OC(=O)N4CCCC4)cc3)cc(=O)c2c1OC(C)=O. The molecule has 1 fully saturated rings. The van der Waals surface area contributed by atoms with Crippen molar-refractivity contribution in [3.63, 3.8) is 0 Å². The first kappa shape index (κ1) is 22.8. The second kappa shape index (κ2) is 9.26. The van der Waals surface area contributed by atoms with Crippen molar-refractivity contribution in [3.8, 4) is 34.3 Å². The zero-order valence-electron chi connectivity index (χ0n) is 18.5. The average Bonchev–Trinajstić information content (AvgIpc) is 3.31. The van der Waals surface area contributed by atoms with E-state index in [9.17, 15) is 24.3 Å². The van der Waals surface area contributed by atoms with E-state index >= 15 is 0 Å². The lowest BCUT2D eigenvalue weighted by molar-refractivity contribution is -0.134. The molecule has 0 saturated carbocycles. The van der Waals surface area contributed by atoms with Crippen molar-refractivity contribution in [1.82, 2.24) is 4.90 Å². The largest absolute Gasteiger partial charge is 0.504 e. The fourth-order valence-electron chi connectivity index (χ4n) is 3.63. The van der Waals surface area contributed by atoms with Gasteiger partial charge in [-0.2, -0.15) is 0 Å². The molecule has 1 saturated heterocycles. The average molecular weight is 467 g/mol. The Hall–Kier alpha value is -4.34. The van der Waals surface area contributed by atoms with Crippen LogP contribution < -0.4 is 19.6 Å². The Morgan fingerprint density at radius 3 is 2.15 bits per heavy atom. The van der Waals surface area contributed by atoms with E-state index in [-0.39, 0.29) is 16.7 Å². The number of amides is 1. The summed E-state index contributed by atoms with van der Waals surface area (Å²) in [6.07, 6.45) is 1.48. The number of carbonyl (C=O) groups is 3. The second-order valence-corrected chi connectivity index (χ2v) is 7.68. The summed E-state index contributed by atoms with van der Waals surface area (Å²) < 4.78 is 21.2. The number of phenols is 1. The van der Waals surface area contributed by atoms with Crippen molar-refractivity contribution in [2.45, 2.75) is 26.7 Å². The van der Waals surface area contributed by atoms with Crippen LogP contribution in [0.5, 0.6) is 23.0 Å². The Labute approximate surface area is 193 Å². The number of fused-ring (bicyclic) bond motifs is 1. The van der Waals surface area contributed by atoms with Crippen LogP contribution >= 0.6 is 0 Å². The summed E-state index contributed by atoms with van der Waals surface area (Å²) in [5, 5.41) is 10.2. The molecule has 176 valence electrons. The van der Waals surface area contributed by atoms with Gasteiger partial charge in [0.1, 0.15) is 22.5 Å². The second-order valence-electron chi connectivity index (χ2n) is 7.68. The van der Waals surface area contributed by atoms with Crippen molar-refractivity contribution >= 4 is 29.0 Å². The van der Waals surface area contributed by atoms with Gasteiger partial charge in [0.2, 0.25) is 5.75 Å². The molecule has 4 rings (SSSR count). The smallest absolute Gasteiger partial charge is 0.415 e. The van der Waals surface area contributed by atoms with Gasteiger partial charge in [0.15, 0.2) is 16.9 Å². The highest BCUT2D eigenvalue weighted by Crippen LogP contribution is 2.43. The van der Waals surface area contributed by atoms with Gasteiger partial charge in [-0.15, -0.1) is 0 Å². The van der Waals surface area contributed by atoms with Gasteiger partial charge in [0.05, 0.1) is 0 Å². The maximum absolute atomic E-state index is 12.9. The van der Waals surface area contributed by atoms with Crippen LogP contribution in [-0.4, -0.2) is 41.1 Å². The molecule has 2 aromatic carbocycles. The molecular weight excluding hydrogens is 446 g/mol. The van der Waals surface area contributed by atoms with Crippen LogP contribution in [0.2, 0.25) is 0 Å². The minimum absolute atomic E-state index is 0.0864. The molecule has 0 radical (unpaired) electrons. The number of benzene rings is 2. The Morgan fingerprint density at radius 2 is 1.53 bits per heavy atom. The molecular formula is C24H21NO9. The molecule has 34 heavy (non-hydrogen) atoms. The predicted octanol–water partition coefficient (Wildman–Crippen LogP) is 3.61. The van der Waals surface area contributed by atoms with E-state index < -0.39 is 40.7 Å². The summed E-state index contributed by atoms with van der Waals surface area (Å²) in [5.74, 6) is -2.50. The topological polar surface area (TPSA) is 133 Å². The fraction of sp³-hybridized carbons (Fsp3) is 0.250. The molecule has 1 N–H and O–H groups in total. The Balaban J connectivity index is 1.70. The van der Waals surface area contributed by atoms with E-state index in [4.69, 9.17) is 18.6 Å². The number of hydrogen-bond acceptors (Lipinski definition) is 9. The number of likely N-dealkylation sites (tertiary alicyclic amines) is 1. The molecule has 1 aliphatic heterocycles. The van der Waals surface area contributed by atoms with Gasteiger partial charge < -0.3 is 28.6 Å². The fourth-order valence-corrected chi connectivity index (χ4v) is 3.63. The zero-order chi connectivity index (χ0) is 24.4. The minimum atomic E-state index is -0.789. The highest BCUT2D eigenvalue weighted by Gasteiger charge is 2.24. The third-order valence-corrected chi connectivity index (χ3v) is 5.11. The van der Waals surface area contributed by atoms with Crippen molar-refractivity contribution < 1.29 is 38.1 Å². The van der Waals surface area contributed by atoms with Crippen LogP contribution in [0.4, 0.5) is 4.79 Å². The number of nitrogens with zero attached hydrogens (tertiary/aromatic N) is 1. The first-order valence-corrected chi connectivity index (χ1v) is 10.5. The van der Waals surface area contributed by atoms with Crippen LogP contribution in [0, 0.1) is 0 Å². The van der Waals surface area contributed by atoms with E-state index in [1.54, 1.807) is 29.2 Å². The van der Waals surface area contributed by atoms with Crippen molar-refractivity contribution in [2.24, 2.45) is 0 Å². The third-order valence-electron chi connectivity index (χ3n) is 5.11. The highest BCUT2D eigenvalue weighted by molar-refractivity contribution is 5.93. The highest BCUT2D eigenvalue weighted by atomic mass is 16.6. The van der Waals surface area contributed by atoms with E-state index in [0.717, 1.165) is 32.8 Å². The number of aromatic hydroxyl groups is 1. The molecule has 0 atom stereocenters. The lowest BCUT2D eigenvalue weighted by Gasteiger charge is -2.15. The summed E-state index contributed by atoms with van der Waals surface area (Å²) in [7, 11) is 0. The first-order chi connectivity index (χ1) is 16.2. The van der Waals surface area contributed by atoms with Crippen molar-refractivity contribution in [2.75, 3.05) is 13.1 Å². The maximum Gasteiger partial charge on any atom is 0.415 e. The molecule has 1 aliphatic rings. The standard InChI is InChI=1S/C24H21NO9/c1-13(26)31-22-18(29)12-20-21(23(22)32-14(2)27)17(28)11-19(34-20)15-5-7-16(8-6-15)33-24(30)25-9-3-4-10-25/h5-8,11-12,29H,3-4,9-10H2,1-2H3. The van der Waals surface area contributed by atoms with Crippen molar-refractivity contribution in [1.29, 1.82) is 0 Å². The summed E-state index contributed by atoms with van der Waals surface area (Å²) in [4.78, 5) is 49.7. The monoisotopic (exact) mass is 467 g/mol. The van der Waals surface area contributed by atoms with Crippen LogP contribution in [0.3, 0.4) is 0 Å². The van der Waals surface area contributed by atoms with Crippen LogP contribution in [-0.2, 0) is 9.59 Å².